The number of hydrogen-bond donors (Lipinski definition) is 0. The van der Waals surface area contributed by atoms with Crippen LogP contribution in [0.5, 0.6) is 11.8 Å². The summed E-state index contributed by atoms with van der Waals surface area (Å²) in [4.78, 5) is 65.5. The molecule has 2 fully saturated rings. The minimum atomic E-state index is -0.958. The van der Waals surface area contributed by atoms with E-state index in [1.54, 1.807) is 35.1 Å². The van der Waals surface area contributed by atoms with Crippen molar-refractivity contribution in [3.63, 3.8) is 0 Å². The molecule has 8 rings (SSSR count). The van der Waals surface area contributed by atoms with Crippen molar-refractivity contribution in [1.82, 2.24) is 28.9 Å². The van der Waals surface area contributed by atoms with Gasteiger partial charge in [-0.25, -0.2) is 27.2 Å². The number of carbonyl (C=O) groups excluding carboxylic acids is 2. The molecule has 2 aromatic carbocycles. The van der Waals surface area contributed by atoms with Crippen LogP contribution in [-0.2, 0) is 45.4 Å². The number of benzene rings is 2. The van der Waals surface area contributed by atoms with E-state index in [4.69, 9.17) is 18.9 Å². The quantitative estimate of drug-likeness (QED) is 0.151. The molecule has 4 aliphatic rings. The van der Waals surface area contributed by atoms with Gasteiger partial charge in [0.1, 0.15) is 36.9 Å². The van der Waals surface area contributed by atoms with E-state index in [9.17, 15) is 36.7 Å². The third kappa shape index (κ3) is 9.55. The van der Waals surface area contributed by atoms with E-state index in [-0.39, 0.29) is 61.1 Å². The van der Waals surface area contributed by atoms with Crippen LogP contribution in [0.2, 0.25) is 0 Å². The lowest BCUT2D eigenvalue weighted by Gasteiger charge is -2.40. The Bertz CT molecular complexity index is 2250. The molecule has 0 bridgehead atoms. The summed E-state index contributed by atoms with van der Waals surface area (Å²) in [5.41, 5.74) is -0.00385. The van der Waals surface area contributed by atoms with Gasteiger partial charge in [0, 0.05) is 51.4 Å². The third-order valence-corrected chi connectivity index (χ3v) is 11.4. The fourth-order valence-corrected chi connectivity index (χ4v) is 8.11. The number of carbonyl (C=O) groups is 2. The fourth-order valence-electron chi connectivity index (χ4n) is 8.11. The van der Waals surface area contributed by atoms with Gasteiger partial charge in [-0.2, -0.15) is 9.97 Å². The molecule has 16 nitrogen and oxygen atoms in total. The first-order valence-electron chi connectivity index (χ1n) is 20.5. The van der Waals surface area contributed by atoms with Crippen LogP contribution in [0.3, 0.4) is 0 Å². The van der Waals surface area contributed by atoms with Crippen molar-refractivity contribution in [2.75, 3.05) is 62.3 Å². The molecular weight excluding hydrogens is 821 g/mol. The van der Waals surface area contributed by atoms with Crippen molar-refractivity contribution in [3.8, 4) is 11.8 Å². The van der Waals surface area contributed by atoms with Crippen molar-refractivity contribution in [3.05, 3.63) is 104 Å². The van der Waals surface area contributed by atoms with Gasteiger partial charge in [-0.3, -0.25) is 28.5 Å². The minimum absolute atomic E-state index is 0.0292. The number of esters is 2. The van der Waals surface area contributed by atoms with Crippen molar-refractivity contribution < 1.29 is 46.1 Å². The summed E-state index contributed by atoms with van der Waals surface area (Å²) in [6.45, 7) is 12.6. The van der Waals surface area contributed by atoms with Crippen molar-refractivity contribution in [2.24, 2.45) is 0 Å². The molecule has 0 N–H and O–H groups in total. The van der Waals surface area contributed by atoms with Crippen LogP contribution in [0.1, 0.15) is 38.8 Å². The van der Waals surface area contributed by atoms with E-state index in [0.29, 0.717) is 88.3 Å². The molecule has 0 spiro atoms. The van der Waals surface area contributed by atoms with Crippen molar-refractivity contribution in [1.29, 1.82) is 0 Å². The highest BCUT2D eigenvalue weighted by atomic mass is 19.2. The van der Waals surface area contributed by atoms with E-state index in [2.05, 4.69) is 29.6 Å². The minimum Gasteiger partial charge on any atom is -0.473 e. The largest absolute Gasteiger partial charge is 0.473 e. The highest BCUT2D eigenvalue weighted by Crippen LogP contribution is 2.31. The van der Waals surface area contributed by atoms with E-state index < -0.39 is 34.6 Å². The van der Waals surface area contributed by atoms with Crippen molar-refractivity contribution >= 4 is 23.6 Å². The molecule has 2 aromatic heterocycles. The summed E-state index contributed by atoms with van der Waals surface area (Å²) in [7, 11) is 0. The monoisotopic (exact) mass is 868 g/mol. The summed E-state index contributed by atoms with van der Waals surface area (Å²) in [6.07, 6.45) is 0. The first-order valence-corrected chi connectivity index (χ1v) is 20.5. The summed E-state index contributed by atoms with van der Waals surface area (Å²) in [6, 6.07) is 9.72. The van der Waals surface area contributed by atoms with Gasteiger partial charge < -0.3 is 28.7 Å². The molecule has 62 heavy (non-hydrogen) atoms. The van der Waals surface area contributed by atoms with Gasteiger partial charge in [0.25, 0.3) is 0 Å². The Labute approximate surface area is 354 Å². The van der Waals surface area contributed by atoms with Gasteiger partial charge in [-0.1, -0.05) is 12.1 Å². The molecule has 4 aliphatic heterocycles. The number of halogens is 4. The molecule has 20 heteroatoms. The zero-order valence-corrected chi connectivity index (χ0v) is 34.8. The number of hydrogen-bond acceptors (Lipinski definition) is 14. The molecule has 6 heterocycles. The highest BCUT2D eigenvalue weighted by molar-refractivity contribution is 5.75. The Morgan fingerprint density at radius 2 is 1.02 bits per heavy atom. The van der Waals surface area contributed by atoms with Gasteiger partial charge >= 0.3 is 23.3 Å². The molecule has 332 valence electrons. The molecular formula is C42H48F4N8O8. The smallest absolute Gasteiger partial charge is 0.352 e. The second-order valence-corrected chi connectivity index (χ2v) is 15.3. The van der Waals surface area contributed by atoms with Crippen LogP contribution in [0.4, 0.5) is 29.2 Å². The second kappa shape index (κ2) is 18.9. The van der Waals surface area contributed by atoms with Crippen LogP contribution in [0.15, 0.2) is 58.1 Å². The Balaban J connectivity index is 0.000000186. The average molecular weight is 869 g/mol. The Morgan fingerprint density at radius 1 is 0.613 bits per heavy atom. The van der Waals surface area contributed by atoms with Gasteiger partial charge in [0.05, 0.1) is 38.4 Å². The molecule has 4 atom stereocenters. The third-order valence-electron chi connectivity index (χ3n) is 11.4. The van der Waals surface area contributed by atoms with E-state index in [1.807, 2.05) is 13.8 Å². The lowest BCUT2D eigenvalue weighted by molar-refractivity contribution is -0.150. The Morgan fingerprint density at radius 3 is 1.39 bits per heavy atom. The number of nitrogens with zero attached hydrogens (tertiary/aromatic N) is 8. The molecule has 4 aromatic rings. The van der Waals surface area contributed by atoms with Crippen molar-refractivity contribution in [2.45, 2.75) is 78.2 Å². The van der Waals surface area contributed by atoms with Gasteiger partial charge in [-0.05, 0) is 63.1 Å². The SMILES string of the molecule is CCOC(=O)C(C)N1CCN2c3cc(OCc4ccc(F)c(F)c4)nc(=O)n3CC2C1.CCOC(=O)C(C)N1CCN2c3cc(OCc4ccc(F)c(F)c4)nc(=O)n3CC2C1. The Hall–Kier alpha value is -6.02. The van der Waals surface area contributed by atoms with Gasteiger partial charge in [-0.15, -0.1) is 0 Å². The zero-order valence-electron chi connectivity index (χ0n) is 34.8. The summed E-state index contributed by atoms with van der Waals surface area (Å²) < 4.78 is 77.5. The summed E-state index contributed by atoms with van der Waals surface area (Å²) in [5, 5.41) is 0. The number of anilines is 2. The van der Waals surface area contributed by atoms with E-state index in [1.165, 1.54) is 12.1 Å². The van der Waals surface area contributed by atoms with Gasteiger partial charge in [0.15, 0.2) is 23.3 Å². The lowest BCUT2D eigenvalue weighted by Crippen LogP contribution is -2.56. The van der Waals surface area contributed by atoms with Crippen LogP contribution >= 0.6 is 0 Å². The molecule has 4 unspecified atom stereocenters. The normalized spacial score (nSPS) is 19.0. The maximum atomic E-state index is 13.4. The van der Waals surface area contributed by atoms with Crippen LogP contribution < -0.4 is 30.7 Å². The average Bonchev–Trinajstić information content (AvgIpc) is 3.82. The van der Waals surface area contributed by atoms with Crippen LogP contribution in [0, 0.1) is 23.3 Å². The topological polar surface area (TPSA) is 154 Å². The van der Waals surface area contributed by atoms with E-state index in [0.717, 1.165) is 24.3 Å². The fraction of sp³-hybridized carbons (Fsp3) is 0.476. The number of fused-ring (bicyclic) bond motifs is 6. The molecule has 0 aliphatic carbocycles. The lowest BCUT2D eigenvalue weighted by atomic mass is 10.1. The standard InChI is InChI=1S/2C21H24F2N4O4/c2*1-3-30-20(28)13(2)25-6-7-26-15(10-25)11-27-19(26)9-18(24-21(27)29)31-12-14-4-5-16(22)17(23)8-14/h2*4-5,8-9,13,15H,3,6-7,10-12H2,1-2H3. The number of aromatic nitrogens is 4. The maximum absolute atomic E-state index is 13.4. The van der Waals surface area contributed by atoms with Crippen LogP contribution in [-0.4, -0.2) is 117 Å². The Kier molecular flexibility index (Phi) is 13.5. The first kappa shape index (κ1) is 44.0. The first-order chi connectivity index (χ1) is 29.7. The molecule has 0 amide bonds. The molecule has 2 saturated heterocycles. The number of ether oxygens (including phenoxy) is 4. The predicted molar refractivity (Wildman–Crippen MR) is 216 cm³/mol. The predicted octanol–water partition coefficient (Wildman–Crippen LogP) is 3.11. The highest BCUT2D eigenvalue weighted by Gasteiger charge is 2.40. The summed E-state index contributed by atoms with van der Waals surface area (Å²) in [5.74, 6) is -2.62. The maximum Gasteiger partial charge on any atom is 0.352 e. The molecule has 0 radical (unpaired) electrons. The molecule has 0 saturated carbocycles. The second-order valence-electron chi connectivity index (χ2n) is 15.3. The van der Waals surface area contributed by atoms with Gasteiger partial charge in [0.2, 0.25) is 11.8 Å². The number of piperazine rings is 2. The number of rotatable bonds is 12. The zero-order chi connectivity index (χ0) is 44.2. The summed E-state index contributed by atoms with van der Waals surface area (Å²) >= 11 is 0. The van der Waals surface area contributed by atoms with E-state index >= 15 is 0 Å². The van der Waals surface area contributed by atoms with Crippen LogP contribution in [0.25, 0.3) is 0 Å².